The first-order valence-electron chi connectivity index (χ1n) is 8.08. The number of fused-ring (bicyclic) bond motifs is 1. The standard InChI is InChI=1S/C18H21N3O/c1-2-7-20-18(3-1)21-8-6-17-15(11-21)9-19-10-16(17)13-22-12-14-4-5-14/h1-3,7,9-10,14H,4-6,8,11-13H2. The van der Waals surface area contributed by atoms with Crippen molar-refractivity contribution in [3.05, 3.63) is 53.5 Å². The van der Waals surface area contributed by atoms with E-state index in [2.05, 4.69) is 20.9 Å². The van der Waals surface area contributed by atoms with Crippen LogP contribution in [0.25, 0.3) is 0 Å². The summed E-state index contributed by atoms with van der Waals surface area (Å²) in [5.74, 6) is 1.86. The molecule has 4 heteroatoms. The molecule has 2 aromatic rings. The van der Waals surface area contributed by atoms with Crippen LogP contribution in [0.2, 0.25) is 0 Å². The molecule has 0 atom stereocenters. The second-order valence-electron chi connectivity index (χ2n) is 6.25. The van der Waals surface area contributed by atoms with Gasteiger partial charge >= 0.3 is 0 Å². The van der Waals surface area contributed by atoms with Crippen molar-refractivity contribution in [1.29, 1.82) is 0 Å². The molecule has 4 rings (SSSR count). The number of nitrogens with zero attached hydrogens (tertiary/aromatic N) is 3. The van der Waals surface area contributed by atoms with Crippen molar-refractivity contribution in [2.45, 2.75) is 32.4 Å². The molecule has 114 valence electrons. The van der Waals surface area contributed by atoms with Gasteiger partial charge in [-0.3, -0.25) is 4.98 Å². The Morgan fingerprint density at radius 1 is 1.23 bits per heavy atom. The number of pyridine rings is 2. The minimum Gasteiger partial charge on any atom is -0.376 e. The molecule has 0 radical (unpaired) electrons. The van der Waals surface area contributed by atoms with Gasteiger partial charge in [-0.1, -0.05) is 6.07 Å². The first-order valence-corrected chi connectivity index (χ1v) is 8.08. The van der Waals surface area contributed by atoms with Crippen LogP contribution in [0, 0.1) is 5.92 Å². The minimum absolute atomic E-state index is 0.705. The average Bonchev–Trinajstić information content (AvgIpc) is 3.40. The molecule has 3 heterocycles. The van der Waals surface area contributed by atoms with Gasteiger partial charge in [0, 0.05) is 38.3 Å². The topological polar surface area (TPSA) is 38.2 Å². The second kappa shape index (κ2) is 6.05. The lowest BCUT2D eigenvalue weighted by Crippen LogP contribution is -2.31. The Hall–Kier alpha value is -1.94. The fourth-order valence-electron chi connectivity index (χ4n) is 3.05. The highest BCUT2D eigenvalue weighted by Crippen LogP contribution is 2.30. The molecular formula is C18H21N3O. The van der Waals surface area contributed by atoms with Crippen molar-refractivity contribution in [1.82, 2.24) is 9.97 Å². The van der Waals surface area contributed by atoms with E-state index in [0.717, 1.165) is 37.9 Å². The highest BCUT2D eigenvalue weighted by Gasteiger charge is 2.23. The van der Waals surface area contributed by atoms with Crippen molar-refractivity contribution in [3.8, 4) is 0 Å². The summed E-state index contributed by atoms with van der Waals surface area (Å²) in [5, 5.41) is 0. The first-order chi connectivity index (χ1) is 10.9. The SMILES string of the molecule is c1ccc(N2CCc3c(COCC4CC4)cncc3C2)nc1. The van der Waals surface area contributed by atoms with Gasteiger partial charge in [0.05, 0.1) is 6.61 Å². The molecule has 1 saturated carbocycles. The summed E-state index contributed by atoms with van der Waals surface area (Å²) >= 11 is 0. The van der Waals surface area contributed by atoms with Gasteiger partial charge in [-0.25, -0.2) is 4.98 Å². The molecule has 1 aliphatic heterocycles. The summed E-state index contributed by atoms with van der Waals surface area (Å²) in [4.78, 5) is 11.2. The lowest BCUT2D eigenvalue weighted by atomic mass is 9.97. The van der Waals surface area contributed by atoms with E-state index in [-0.39, 0.29) is 0 Å². The Morgan fingerprint density at radius 3 is 3.00 bits per heavy atom. The van der Waals surface area contributed by atoms with Gasteiger partial charge in [0.2, 0.25) is 0 Å². The van der Waals surface area contributed by atoms with Gasteiger partial charge in [-0.2, -0.15) is 0 Å². The Morgan fingerprint density at radius 2 is 2.18 bits per heavy atom. The zero-order valence-electron chi connectivity index (χ0n) is 12.7. The van der Waals surface area contributed by atoms with Gasteiger partial charge in [0.15, 0.2) is 0 Å². The van der Waals surface area contributed by atoms with Gasteiger partial charge in [-0.05, 0) is 54.0 Å². The summed E-state index contributed by atoms with van der Waals surface area (Å²) in [7, 11) is 0. The molecule has 22 heavy (non-hydrogen) atoms. The maximum absolute atomic E-state index is 5.86. The van der Waals surface area contributed by atoms with Crippen molar-refractivity contribution >= 4 is 5.82 Å². The number of hydrogen-bond acceptors (Lipinski definition) is 4. The smallest absolute Gasteiger partial charge is 0.128 e. The number of aromatic nitrogens is 2. The van der Waals surface area contributed by atoms with E-state index in [9.17, 15) is 0 Å². The lowest BCUT2D eigenvalue weighted by Gasteiger charge is -2.30. The fourth-order valence-corrected chi connectivity index (χ4v) is 3.05. The van der Waals surface area contributed by atoms with Crippen LogP contribution in [-0.2, 0) is 24.3 Å². The van der Waals surface area contributed by atoms with E-state index in [4.69, 9.17) is 4.74 Å². The highest BCUT2D eigenvalue weighted by molar-refractivity contribution is 5.44. The van der Waals surface area contributed by atoms with Gasteiger partial charge in [0.25, 0.3) is 0 Å². The Kier molecular flexibility index (Phi) is 3.77. The fraction of sp³-hybridized carbons (Fsp3) is 0.444. The van der Waals surface area contributed by atoms with Crippen LogP contribution in [0.5, 0.6) is 0 Å². The summed E-state index contributed by atoms with van der Waals surface area (Å²) in [6.07, 6.45) is 9.53. The number of ether oxygens (including phenoxy) is 1. The van der Waals surface area contributed by atoms with Crippen LogP contribution in [0.15, 0.2) is 36.8 Å². The number of anilines is 1. The Labute approximate surface area is 131 Å². The molecule has 0 spiro atoms. The van der Waals surface area contributed by atoms with Gasteiger partial charge in [0.1, 0.15) is 5.82 Å². The van der Waals surface area contributed by atoms with E-state index in [1.165, 1.54) is 29.5 Å². The van der Waals surface area contributed by atoms with Crippen LogP contribution < -0.4 is 4.90 Å². The monoisotopic (exact) mass is 295 g/mol. The quantitative estimate of drug-likeness (QED) is 0.850. The minimum atomic E-state index is 0.705. The maximum Gasteiger partial charge on any atom is 0.128 e. The highest BCUT2D eigenvalue weighted by atomic mass is 16.5. The van der Waals surface area contributed by atoms with Crippen LogP contribution >= 0.6 is 0 Å². The van der Waals surface area contributed by atoms with Crippen LogP contribution in [0.4, 0.5) is 5.82 Å². The molecule has 1 aliphatic carbocycles. The normalized spacial score (nSPS) is 17.4. The average molecular weight is 295 g/mol. The van der Waals surface area contributed by atoms with E-state index >= 15 is 0 Å². The molecule has 0 amide bonds. The number of hydrogen-bond donors (Lipinski definition) is 0. The summed E-state index contributed by atoms with van der Waals surface area (Å²) in [6, 6.07) is 6.07. The van der Waals surface area contributed by atoms with Crippen LogP contribution in [-0.4, -0.2) is 23.1 Å². The van der Waals surface area contributed by atoms with E-state index in [0.29, 0.717) is 6.61 Å². The molecule has 2 aliphatic rings. The first kappa shape index (κ1) is 13.7. The predicted octanol–water partition coefficient (Wildman–Crippen LogP) is 2.97. The third kappa shape index (κ3) is 2.97. The molecular weight excluding hydrogens is 274 g/mol. The maximum atomic E-state index is 5.86. The van der Waals surface area contributed by atoms with Gasteiger partial charge in [-0.15, -0.1) is 0 Å². The van der Waals surface area contributed by atoms with Crippen molar-refractivity contribution in [2.75, 3.05) is 18.1 Å². The van der Waals surface area contributed by atoms with Crippen LogP contribution in [0.3, 0.4) is 0 Å². The summed E-state index contributed by atoms with van der Waals surface area (Å²) in [6.45, 7) is 3.50. The molecule has 0 bridgehead atoms. The van der Waals surface area contributed by atoms with Crippen molar-refractivity contribution in [2.24, 2.45) is 5.92 Å². The van der Waals surface area contributed by atoms with Crippen LogP contribution in [0.1, 0.15) is 29.5 Å². The summed E-state index contributed by atoms with van der Waals surface area (Å²) in [5.41, 5.74) is 4.00. The van der Waals surface area contributed by atoms with E-state index < -0.39 is 0 Å². The van der Waals surface area contributed by atoms with E-state index in [1.807, 2.05) is 30.7 Å². The largest absolute Gasteiger partial charge is 0.376 e. The second-order valence-corrected chi connectivity index (χ2v) is 6.25. The van der Waals surface area contributed by atoms with Crippen molar-refractivity contribution in [3.63, 3.8) is 0 Å². The predicted molar refractivity (Wildman–Crippen MR) is 85.6 cm³/mol. The third-order valence-corrected chi connectivity index (χ3v) is 4.51. The van der Waals surface area contributed by atoms with Crippen molar-refractivity contribution < 1.29 is 4.74 Å². The lowest BCUT2D eigenvalue weighted by molar-refractivity contribution is 0.110. The molecule has 2 aromatic heterocycles. The molecule has 0 aromatic carbocycles. The Balaban J connectivity index is 1.47. The van der Waals surface area contributed by atoms with Gasteiger partial charge < -0.3 is 9.64 Å². The zero-order valence-corrected chi connectivity index (χ0v) is 12.7. The third-order valence-electron chi connectivity index (χ3n) is 4.51. The number of rotatable bonds is 5. The molecule has 0 N–H and O–H groups in total. The molecule has 0 saturated heterocycles. The molecule has 1 fully saturated rings. The van der Waals surface area contributed by atoms with E-state index in [1.54, 1.807) is 0 Å². The summed E-state index contributed by atoms with van der Waals surface area (Å²) < 4.78 is 5.86. The molecule has 4 nitrogen and oxygen atoms in total. The molecule has 0 unspecified atom stereocenters. The zero-order chi connectivity index (χ0) is 14.8. The Bertz CT molecular complexity index is 640.